The lowest BCUT2D eigenvalue weighted by Crippen LogP contribution is -2.03. The molecule has 2 heteroatoms. The topological polar surface area (TPSA) is 21.6 Å². The van der Waals surface area contributed by atoms with Crippen LogP contribution in [0.4, 0.5) is 0 Å². The fraction of sp³-hybridized carbons (Fsp3) is 0.667. The van der Waals surface area contributed by atoms with Gasteiger partial charge in [-0.25, -0.2) is 0 Å². The van der Waals surface area contributed by atoms with Crippen molar-refractivity contribution in [2.24, 2.45) is 4.99 Å². The Kier molecular flexibility index (Phi) is 3.73. The van der Waals surface area contributed by atoms with Gasteiger partial charge in [0, 0.05) is 13.0 Å². The molecule has 0 saturated heterocycles. The summed E-state index contributed by atoms with van der Waals surface area (Å²) in [6.45, 7) is 5.12. The second-order valence-corrected chi connectivity index (χ2v) is 2.69. The van der Waals surface area contributed by atoms with Gasteiger partial charge in [-0.1, -0.05) is 19.1 Å². The molecule has 0 radical (unpaired) electrons. The summed E-state index contributed by atoms with van der Waals surface area (Å²) >= 11 is 0. The van der Waals surface area contributed by atoms with E-state index in [1.165, 1.54) is 19.3 Å². The molecule has 0 spiro atoms. The highest BCUT2D eigenvalue weighted by Gasteiger charge is 2.03. The lowest BCUT2D eigenvalue weighted by Gasteiger charge is -2.03. The Morgan fingerprint density at radius 3 is 3.18 bits per heavy atom. The van der Waals surface area contributed by atoms with E-state index in [1.807, 2.05) is 0 Å². The van der Waals surface area contributed by atoms with E-state index in [-0.39, 0.29) is 0 Å². The van der Waals surface area contributed by atoms with Crippen molar-refractivity contribution in [3.63, 3.8) is 0 Å². The molecular formula is C9H15NO. The van der Waals surface area contributed by atoms with Crippen LogP contribution < -0.4 is 0 Å². The van der Waals surface area contributed by atoms with Crippen molar-refractivity contribution < 1.29 is 4.74 Å². The molecule has 0 N–H and O–H groups in total. The van der Waals surface area contributed by atoms with Crippen LogP contribution in [0.3, 0.4) is 0 Å². The minimum Gasteiger partial charge on any atom is -0.477 e. The zero-order valence-electron chi connectivity index (χ0n) is 6.88. The van der Waals surface area contributed by atoms with E-state index in [1.54, 1.807) is 6.08 Å². The molecule has 0 aromatic carbocycles. The quantitative estimate of drug-likeness (QED) is 0.557. The molecule has 2 nitrogen and oxygen atoms in total. The SMILES string of the molecule is C=CCOC1=NCCCCC1. The van der Waals surface area contributed by atoms with Crippen LogP contribution in [0.15, 0.2) is 17.6 Å². The lowest BCUT2D eigenvalue weighted by molar-refractivity contribution is 0.338. The Bertz CT molecular complexity index is 152. The van der Waals surface area contributed by atoms with E-state index in [4.69, 9.17) is 4.74 Å². The molecule has 0 fully saturated rings. The highest BCUT2D eigenvalue weighted by atomic mass is 16.5. The number of aliphatic imine (C=N–C) groups is 1. The molecule has 0 unspecified atom stereocenters. The van der Waals surface area contributed by atoms with Gasteiger partial charge in [0.2, 0.25) is 0 Å². The molecule has 11 heavy (non-hydrogen) atoms. The van der Waals surface area contributed by atoms with Crippen molar-refractivity contribution in [1.82, 2.24) is 0 Å². The summed E-state index contributed by atoms with van der Waals surface area (Å²) in [6.07, 6.45) is 6.47. The molecule has 0 atom stereocenters. The Morgan fingerprint density at radius 2 is 2.36 bits per heavy atom. The largest absolute Gasteiger partial charge is 0.477 e. The normalized spacial score (nSPS) is 18.4. The lowest BCUT2D eigenvalue weighted by atomic mass is 10.2. The number of hydrogen-bond acceptors (Lipinski definition) is 2. The number of ether oxygens (including phenoxy) is 1. The molecular weight excluding hydrogens is 138 g/mol. The van der Waals surface area contributed by atoms with Crippen molar-refractivity contribution in [3.05, 3.63) is 12.7 Å². The van der Waals surface area contributed by atoms with Gasteiger partial charge in [0.15, 0.2) is 5.90 Å². The smallest absolute Gasteiger partial charge is 0.183 e. The first-order chi connectivity index (χ1) is 5.43. The monoisotopic (exact) mass is 153 g/mol. The summed E-state index contributed by atoms with van der Waals surface area (Å²) < 4.78 is 5.34. The van der Waals surface area contributed by atoms with Crippen LogP contribution in [0.5, 0.6) is 0 Å². The van der Waals surface area contributed by atoms with Crippen LogP contribution in [0.1, 0.15) is 25.7 Å². The average molecular weight is 153 g/mol. The highest BCUT2D eigenvalue weighted by Crippen LogP contribution is 2.07. The molecule has 0 aliphatic carbocycles. The first kappa shape index (κ1) is 8.31. The van der Waals surface area contributed by atoms with Crippen LogP contribution in [0.2, 0.25) is 0 Å². The Morgan fingerprint density at radius 1 is 1.45 bits per heavy atom. The summed E-state index contributed by atoms with van der Waals surface area (Å²) in [5, 5.41) is 0. The minimum absolute atomic E-state index is 0.596. The second kappa shape index (κ2) is 4.94. The van der Waals surface area contributed by atoms with Gasteiger partial charge in [0.05, 0.1) is 0 Å². The maximum absolute atomic E-state index is 5.34. The van der Waals surface area contributed by atoms with Crippen LogP contribution >= 0.6 is 0 Å². The third kappa shape index (κ3) is 3.21. The van der Waals surface area contributed by atoms with E-state index >= 15 is 0 Å². The first-order valence-electron chi connectivity index (χ1n) is 4.20. The summed E-state index contributed by atoms with van der Waals surface area (Å²) in [5.41, 5.74) is 0. The third-order valence-corrected chi connectivity index (χ3v) is 1.70. The average Bonchev–Trinajstić information content (AvgIpc) is 2.28. The van der Waals surface area contributed by atoms with Crippen molar-refractivity contribution in [1.29, 1.82) is 0 Å². The van der Waals surface area contributed by atoms with Gasteiger partial charge in [0.1, 0.15) is 6.61 Å². The minimum atomic E-state index is 0.596. The predicted octanol–water partition coefficient (Wildman–Crippen LogP) is 2.16. The number of nitrogens with zero attached hydrogens (tertiary/aromatic N) is 1. The van der Waals surface area contributed by atoms with Gasteiger partial charge in [-0.2, -0.15) is 0 Å². The highest BCUT2D eigenvalue weighted by molar-refractivity contribution is 5.76. The van der Waals surface area contributed by atoms with Crippen molar-refractivity contribution in [2.45, 2.75) is 25.7 Å². The molecule has 0 aromatic rings. The Balaban J connectivity index is 2.28. The van der Waals surface area contributed by atoms with E-state index in [0.717, 1.165) is 18.9 Å². The summed E-state index contributed by atoms with van der Waals surface area (Å²) in [4.78, 5) is 4.31. The molecule has 0 bridgehead atoms. The van der Waals surface area contributed by atoms with Crippen molar-refractivity contribution in [2.75, 3.05) is 13.2 Å². The van der Waals surface area contributed by atoms with Gasteiger partial charge < -0.3 is 4.74 Å². The fourth-order valence-corrected chi connectivity index (χ4v) is 1.12. The molecule has 0 aromatic heterocycles. The maximum atomic E-state index is 5.34. The molecule has 62 valence electrons. The standard InChI is InChI=1S/C9H15NO/c1-2-8-11-9-6-4-3-5-7-10-9/h2H,1,3-8H2. The summed E-state index contributed by atoms with van der Waals surface area (Å²) in [5.74, 6) is 0.919. The predicted molar refractivity (Wildman–Crippen MR) is 46.9 cm³/mol. The van der Waals surface area contributed by atoms with Crippen LogP contribution in [-0.2, 0) is 4.74 Å². The third-order valence-electron chi connectivity index (χ3n) is 1.70. The fourth-order valence-electron chi connectivity index (χ4n) is 1.12. The van der Waals surface area contributed by atoms with E-state index in [9.17, 15) is 0 Å². The second-order valence-electron chi connectivity index (χ2n) is 2.69. The van der Waals surface area contributed by atoms with Gasteiger partial charge >= 0.3 is 0 Å². The van der Waals surface area contributed by atoms with E-state index in [2.05, 4.69) is 11.6 Å². The van der Waals surface area contributed by atoms with Crippen LogP contribution in [0.25, 0.3) is 0 Å². The molecule has 1 heterocycles. The molecule has 0 saturated carbocycles. The molecule has 0 amide bonds. The Labute approximate surface area is 68.0 Å². The zero-order valence-corrected chi connectivity index (χ0v) is 6.88. The van der Waals surface area contributed by atoms with Gasteiger partial charge in [-0.15, -0.1) is 0 Å². The first-order valence-corrected chi connectivity index (χ1v) is 4.20. The van der Waals surface area contributed by atoms with Gasteiger partial charge in [0.25, 0.3) is 0 Å². The number of hydrogen-bond donors (Lipinski definition) is 0. The van der Waals surface area contributed by atoms with Crippen molar-refractivity contribution >= 4 is 5.90 Å². The molecule has 1 aliphatic heterocycles. The Hall–Kier alpha value is -0.790. The van der Waals surface area contributed by atoms with E-state index in [0.29, 0.717) is 6.61 Å². The molecule has 1 rings (SSSR count). The summed E-state index contributed by atoms with van der Waals surface area (Å²) in [6, 6.07) is 0. The van der Waals surface area contributed by atoms with Crippen molar-refractivity contribution in [3.8, 4) is 0 Å². The summed E-state index contributed by atoms with van der Waals surface area (Å²) in [7, 11) is 0. The maximum Gasteiger partial charge on any atom is 0.183 e. The van der Waals surface area contributed by atoms with Crippen LogP contribution in [0, 0.1) is 0 Å². The molecule has 1 aliphatic rings. The van der Waals surface area contributed by atoms with Gasteiger partial charge in [-0.05, 0) is 12.8 Å². The zero-order chi connectivity index (χ0) is 7.94. The number of rotatable bonds is 2. The van der Waals surface area contributed by atoms with Crippen LogP contribution in [-0.4, -0.2) is 19.0 Å². The van der Waals surface area contributed by atoms with E-state index < -0.39 is 0 Å². The van der Waals surface area contributed by atoms with Gasteiger partial charge in [-0.3, -0.25) is 4.99 Å².